The zero-order valence-corrected chi connectivity index (χ0v) is 12.8. The second-order valence-corrected chi connectivity index (χ2v) is 5.30. The Morgan fingerprint density at radius 1 is 1.45 bits per heavy atom. The van der Waals surface area contributed by atoms with Crippen LogP contribution in [-0.4, -0.2) is 38.0 Å². The van der Waals surface area contributed by atoms with Gasteiger partial charge in [-0.1, -0.05) is 6.07 Å². The number of carboxylic acids is 1. The lowest BCUT2D eigenvalue weighted by molar-refractivity contribution is -0.131. The van der Waals surface area contributed by atoms with E-state index in [1.807, 2.05) is 0 Å². The van der Waals surface area contributed by atoms with E-state index in [9.17, 15) is 4.79 Å². The molecule has 1 N–H and O–H groups in total. The van der Waals surface area contributed by atoms with E-state index in [1.165, 1.54) is 12.5 Å². The lowest BCUT2D eigenvalue weighted by atomic mass is 9.99. The molecular weight excluding hydrogens is 284 g/mol. The average Bonchev–Trinajstić information content (AvgIpc) is 2.54. The summed E-state index contributed by atoms with van der Waals surface area (Å²) in [6.45, 7) is 2.31. The van der Waals surface area contributed by atoms with Crippen LogP contribution in [0, 0.1) is 5.92 Å². The van der Waals surface area contributed by atoms with Crippen molar-refractivity contribution in [2.45, 2.75) is 19.3 Å². The Hall–Kier alpha value is -2.01. The highest BCUT2D eigenvalue weighted by Crippen LogP contribution is 2.29. The van der Waals surface area contributed by atoms with E-state index in [4.69, 9.17) is 19.3 Å². The van der Waals surface area contributed by atoms with Gasteiger partial charge in [-0.2, -0.15) is 0 Å². The van der Waals surface area contributed by atoms with Gasteiger partial charge in [0.15, 0.2) is 11.5 Å². The maximum atomic E-state index is 10.5. The summed E-state index contributed by atoms with van der Waals surface area (Å²) in [5.74, 6) is 0.866. The molecule has 0 aliphatic carbocycles. The van der Waals surface area contributed by atoms with Crippen LogP contribution in [0.2, 0.25) is 0 Å². The van der Waals surface area contributed by atoms with Gasteiger partial charge in [0.2, 0.25) is 0 Å². The first-order chi connectivity index (χ1) is 10.7. The lowest BCUT2D eigenvalue weighted by Crippen LogP contribution is -2.19. The molecule has 0 saturated carbocycles. The van der Waals surface area contributed by atoms with Gasteiger partial charge in [0.25, 0.3) is 0 Å². The molecule has 1 saturated heterocycles. The predicted octanol–water partition coefficient (Wildman–Crippen LogP) is 2.99. The summed E-state index contributed by atoms with van der Waals surface area (Å²) in [5, 5.41) is 8.64. The molecule has 5 heteroatoms. The molecule has 0 spiro atoms. The molecule has 0 bridgehead atoms. The van der Waals surface area contributed by atoms with E-state index in [0.717, 1.165) is 37.7 Å². The first-order valence-electron chi connectivity index (χ1n) is 7.48. The number of ether oxygens (including phenoxy) is 3. The van der Waals surface area contributed by atoms with Crippen LogP contribution in [0.1, 0.15) is 24.8 Å². The Morgan fingerprint density at radius 2 is 2.32 bits per heavy atom. The van der Waals surface area contributed by atoms with E-state index in [2.05, 4.69) is 0 Å². The molecule has 22 heavy (non-hydrogen) atoms. The van der Waals surface area contributed by atoms with Gasteiger partial charge in [0, 0.05) is 19.3 Å². The molecule has 1 fully saturated rings. The quantitative estimate of drug-likeness (QED) is 0.785. The standard InChI is InChI=1S/C17H22O5/c1-20-16-11-13(5-7-17(18)19)4-6-15(16)22-10-8-14-3-2-9-21-12-14/h4-7,11,14H,2-3,8-10,12H2,1H3,(H,18,19)/b7-5+. The van der Waals surface area contributed by atoms with Crippen molar-refractivity contribution < 1.29 is 24.1 Å². The SMILES string of the molecule is COc1cc(/C=C/C(=O)O)ccc1OCCC1CCCOC1. The van der Waals surface area contributed by atoms with E-state index < -0.39 is 5.97 Å². The maximum absolute atomic E-state index is 10.5. The van der Waals surface area contributed by atoms with Crippen molar-refractivity contribution in [1.82, 2.24) is 0 Å². The Morgan fingerprint density at radius 3 is 3.00 bits per heavy atom. The molecule has 1 aromatic rings. The van der Waals surface area contributed by atoms with Crippen molar-refractivity contribution in [2.24, 2.45) is 5.92 Å². The number of rotatable bonds is 7. The van der Waals surface area contributed by atoms with Gasteiger partial charge in [-0.25, -0.2) is 4.79 Å². The molecule has 0 aromatic heterocycles. The molecular formula is C17H22O5. The van der Waals surface area contributed by atoms with Gasteiger partial charge in [-0.3, -0.25) is 0 Å². The fraction of sp³-hybridized carbons (Fsp3) is 0.471. The lowest BCUT2D eigenvalue weighted by Gasteiger charge is -2.22. The average molecular weight is 306 g/mol. The van der Waals surface area contributed by atoms with Crippen LogP contribution in [0.3, 0.4) is 0 Å². The van der Waals surface area contributed by atoms with Crippen LogP contribution >= 0.6 is 0 Å². The minimum absolute atomic E-state index is 0.567. The minimum Gasteiger partial charge on any atom is -0.493 e. The molecule has 1 aliphatic heterocycles. The number of benzene rings is 1. The number of methoxy groups -OCH3 is 1. The summed E-state index contributed by atoms with van der Waals surface area (Å²) in [4.78, 5) is 10.5. The Labute approximate surface area is 130 Å². The highest BCUT2D eigenvalue weighted by molar-refractivity contribution is 5.85. The maximum Gasteiger partial charge on any atom is 0.328 e. The molecule has 1 unspecified atom stereocenters. The molecule has 1 aromatic carbocycles. The number of carbonyl (C=O) groups is 1. The number of carboxylic acid groups (broad SMARTS) is 1. The van der Waals surface area contributed by atoms with Crippen LogP contribution in [0.5, 0.6) is 11.5 Å². The van der Waals surface area contributed by atoms with E-state index in [-0.39, 0.29) is 0 Å². The number of hydrogen-bond acceptors (Lipinski definition) is 4. The molecule has 1 heterocycles. The first-order valence-corrected chi connectivity index (χ1v) is 7.48. The highest BCUT2D eigenvalue weighted by Gasteiger charge is 2.14. The molecule has 120 valence electrons. The largest absolute Gasteiger partial charge is 0.493 e. The van der Waals surface area contributed by atoms with Crippen LogP contribution in [0.15, 0.2) is 24.3 Å². The summed E-state index contributed by atoms with van der Waals surface area (Å²) in [5.41, 5.74) is 0.757. The van der Waals surface area contributed by atoms with Gasteiger partial charge in [0.1, 0.15) is 0 Å². The Bertz CT molecular complexity index is 518. The normalized spacial score (nSPS) is 18.3. The third kappa shape index (κ3) is 5.07. The van der Waals surface area contributed by atoms with Crippen molar-refractivity contribution in [3.05, 3.63) is 29.8 Å². The van der Waals surface area contributed by atoms with Gasteiger partial charge < -0.3 is 19.3 Å². The Kier molecular flexibility index (Phi) is 6.27. The molecule has 0 radical (unpaired) electrons. The first kappa shape index (κ1) is 16.4. The van der Waals surface area contributed by atoms with E-state index >= 15 is 0 Å². The molecule has 2 rings (SSSR count). The van der Waals surface area contributed by atoms with Crippen molar-refractivity contribution in [3.8, 4) is 11.5 Å². The van der Waals surface area contributed by atoms with Crippen LogP contribution in [-0.2, 0) is 9.53 Å². The third-order valence-electron chi connectivity index (χ3n) is 3.64. The van der Waals surface area contributed by atoms with Crippen molar-refractivity contribution in [2.75, 3.05) is 26.9 Å². The van der Waals surface area contributed by atoms with Crippen molar-refractivity contribution in [1.29, 1.82) is 0 Å². The molecule has 1 atom stereocenters. The zero-order valence-electron chi connectivity index (χ0n) is 12.8. The van der Waals surface area contributed by atoms with Crippen molar-refractivity contribution in [3.63, 3.8) is 0 Å². The van der Waals surface area contributed by atoms with E-state index in [0.29, 0.717) is 24.0 Å². The number of aliphatic carboxylic acids is 1. The smallest absolute Gasteiger partial charge is 0.328 e. The Balaban J connectivity index is 1.90. The molecule has 5 nitrogen and oxygen atoms in total. The fourth-order valence-corrected chi connectivity index (χ4v) is 2.45. The third-order valence-corrected chi connectivity index (χ3v) is 3.64. The summed E-state index contributed by atoms with van der Waals surface area (Å²) in [7, 11) is 1.57. The van der Waals surface area contributed by atoms with Gasteiger partial charge in [-0.05, 0) is 49.0 Å². The second kappa shape index (κ2) is 8.44. The van der Waals surface area contributed by atoms with E-state index in [1.54, 1.807) is 25.3 Å². The minimum atomic E-state index is -0.978. The van der Waals surface area contributed by atoms with Crippen LogP contribution in [0.4, 0.5) is 0 Å². The van der Waals surface area contributed by atoms with Gasteiger partial charge in [-0.15, -0.1) is 0 Å². The molecule has 1 aliphatic rings. The summed E-state index contributed by atoms with van der Waals surface area (Å²) in [6.07, 6.45) is 5.90. The van der Waals surface area contributed by atoms with Crippen molar-refractivity contribution >= 4 is 12.0 Å². The predicted molar refractivity (Wildman–Crippen MR) is 83.3 cm³/mol. The topological polar surface area (TPSA) is 65.0 Å². The number of hydrogen-bond donors (Lipinski definition) is 1. The van der Waals surface area contributed by atoms with Crippen LogP contribution in [0.25, 0.3) is 6.08 Å². The van der Waals surface area contributed by atoms with Gasteiger partial charge in [0.05, 0.1) is 13.7 Å². The van der Waals surface area contributed by atoms with Crippen LogP contribution < -0.4 is 9.47 Å². The zero-order chi connectivity index (χ0) is 15.8. The monoisotopic (exact) mass is 306 g/mol. The summed E-state index contributed by atoms with van der Waals surface area (Å²) in [6, 6.07) is 5.37. The summed E-state index contributed by atoms with van der Waals surface area (Å²) >= 11 is 0. The van der Waals surface area contributed by atoms with Gasteiger partial charge >= 0.3 is 5.97 Å². The summed E-state index contributed by atoms with van der Waals surface area (Å²) < 4.78 is 16.6. The fourth-order valence-electron chi connectivity index (χ4n) is 2.45. The highest BCUT2D eigenvalue weighted by atomic mass is 16.5. The molecule has 0 amide bonds. The second-order valence-electron chi connectivity index (χ2n) is 5.30.